The largest absolute Gasteiger partial charge is 0.508 e. The van der Waals surface area contributed by atoms with Gasteiger partial charge >= 0.3 is 0 Å². The van der Waals surface area contributed by atoms with Gasteiger partial charge in [0.25, 0.3) is 5.91 Å². The van der Waals surface area contributed by atoms with E-state index in [1.165, 1.54) is 6.42 Å². The number of benzene rings is 1. The number of aryl methyl sites for hydroxylation is 1. The van der Waals surface area contributed by atoms with Crippen LogP contribution in [0.5, 0.6) is 5.75 Å². The first-order valence-corrected chi connectivity index (χ1v) is 5.66. The van der Waals surface area contributed by atoms with Crippen molar-refractivity contribution < 1.29 is 9.90 Å². The summed E-state index contributed by atoms with van der Waals surface area (Å²) < 4.78 is 0. The third kappa shape index (κ3) is 1.90. The maximum Gasteiger partial charge on any atom is 0.253 e. The van der Waals surface area contributed by atoms with Crippen LogP contribution in [0.3, 0.4) is 0 Å². The molecule has 0 unspecified atom stereocenters. The van der Waals surface area contributed by atoms with E-state index in [2.05, 4.69) is 0 Å². The number of hydrogen-bond donors (Lipinski definition) is 1. The molecule has 1 saturated carbocycles. The molecule has 16 heavy (non-hydrogen) atoms. The number of amides is 1. The van der Waals surface area contributed by atoms with E-state index in [0.29, 0.717) is 11.6 Å². The summed E-state index contributed by atoms with van der Waals surface area (Å²) >= 11 is 0. The molecule has 1 amide bonds. The lowest BCUT2D eigenvalue weighted by atomic mass is 9.91. The smallest absolute Gasteiger partial charge is 0.253 e. The molecule has 0 bridgehead atoms. The second-order valence-electron chi connectivity index (χ2n) is 4.50. The van der Waals surface area contributed by atoms with Crippen LogP contribution in [0.2, 0.25) is 0 Å². The van der Waals surface area contributed by atoms with Crippen molar-refractivity contribution in [3.05, 3.63) is 29.3 Å². The van der Waals surface area contributed by atoms with Crippen LogP contribution in [0.25, 0.3) is 0 Å². The van der Waals surface area contributed by atoms with E-state index in [4.69, 9.17) is 0 Å². The molecule has 0 spiro atoms. The summed E-state index contributed by atoms with van der Waals surface area (Å²) in [7, 11) is 1.86. The molecular weight excluding hydrogens is 202 g/mol. The highest BCUT2D eigenvalue weighted by atomic mass is 16.3. The highest BCUT2D eigenvalue weighted by Crippen LogP contribution is 2.25. The second kappa shape index (κ2) is 4.16. The van der Waals surface area contributed by atoms with Gasteiger partial charge in [0.2, 0.25) is 0 Å². The lowest BCUT2D eigenvalue weighted by Gasteiger charge is -2.34. The zero-order valence-corrected chi connectivity index (χ0v) is 9.73. The molecule has 0 aliphatic heterocycles. The topological polar surface area (TPSA) is 40.5 Å². The van der Waals surface area contributed by atoms with Crippen LogP contribution >= 0.6 is 0 Å². The second-order valence-corrected chi connectivity index (χ2v) is 4.50. The quantitative estimate of drug-likeness (QED) is 0.829. The SMILES string of the molecule is Cc1cc(C(=O)N(C)C2CCC2)ccc1O. The number of carbonyl (C=O) groups excluding carboxylic acids is 1. The maximum absolute atomic E-state index is 12.1. The van der Waals surface area contributed by atoms with Crippen molar-refractivity contribution in [2.24, 2.45) is 0 Å². The molecule has 86 valence electrons. The fraction of sp³-hybridized carbons (Fsp3) is 0.462. The number of carbonyl (C=O) groups is 1. The molecule has 1 N–H and O–H groups in total. The van der Waals surface area contributed by atoms with Crippen molar-refractivity contribution in [2.45, 2.75) is 32.2 Å². The molecule has 1 aromatic carbocycles. The summed E-state index contributed by atoms with van der Waals surface area (Å²) in [5, 5.41) is 9.41. The number of hydrogen-bond acceptors (Lipinski definition) is 2. The Morgan fingerprint density at radius 2 is 2.12 bits per heavy atom. The highest BCUT2D eigenvalue weighted by Gasteiger charge is 2.26. The van der Waals surface area contributed by atoms with Crippen LogP contribution in [-0.4, -0.2) is 29.0 Å². The normalized spacial score (nSPS) is 15.6. The van der Waals surface area contributed by atoms with E-state index in [1.54, 1.807) is 25.1 Å². The Bertz CT molecular complexity index is 410. The summed E-state index contributed by atoms with van der Waals surface area (Å²) in [5.41, 5.74) is 1.40. The van der Waals surface area contributed by atoms with E-state index in [1.807, 2.05) is 11.9 Å². The summed E-state index contributed by atoms with van der Waals surface area (Å²) in [4.78, 5) is 13.9. The molecule has 1 fully saturated rings. The van der Waals surface area contributed by atoms with E-state index in [-0.39, 0.29) is 11.7 Å². The molecule has 0 heterocycles. The van der Waals surface area contributed by atoms with E-state index >= 15 is 0 Å². The number of rotatable bonds is 2. The first kappa shape index (κ1) is 11.0. The Labute approximate surface area is 95.7 Å². The monoisotopic (exact) mass is 219 g/mol. The molecule has 0 atom stereocenters. The lowest BCUT2D eigenvalue weighted by Crippen LogP contribution is -2.41. The Balaban J connectivity index is 2.16. The van der Waals surface area contributed by atoms with E-state index in [0.717, 1.165) is 18.4 Å². The standard InChI is InChI=1S/C13H17NO2/c1-9-8-10(6-7-12(9)15)13(16)14(2)11-4-3-5-11/h6-8,11,15H,3-5H2,1-2H3. The Kier molecular flexibility index (Phi) is 2.86. The third-order valence-corrected chi connectivity index (χ3v) is 3.39. The minimum Gasteiger partial charge on any atom is -0.508 e. The van der Waals surface area contributed by atoms with E-state index in [9.17, 15) is 9.90 Å². The number of aromatic hydroxyl groups is 1. The molecule has 1 aliphatic rings. The fourth-order valence-electron chi connectivity index (χ4n) is 1.93. The van der Waals surface area contributed by atoms with Crippen molar-refractivity contribution in [1.82, 2.24) is 4.90 Å². The Morgan fingerprint density at radius 1 is 1.44 bits per heavy atom. The van der Waals surface area contributed by atoms with Gasteiger partial charge in [-0.25, -0.2) is 0 Å². The van der Waals surface area contributed by atoms with E-state index < -0.39 is 0 Å². The predicted octanol–water partition coefficient (Wildman–Crippen LogP) is 2.33. The zero-order valence-electron chi connectivity index (χ0n) is 9.73. The minimum absolute atomic E-state index is 0.0489. The molecule has 0 aromatic heterocycles. The van der Waals surface area contributed by atoms with Gasteiger partial charge in [-0.2, -0.15) is 0 Å². The zero-order chi connectivity index (χ0) is 11.7. The molecule has 3 heteroatoms. The molecule has 2 rings (SSSR count). The first-order valence-electron chi connectivity index (χ1n) is 5.66. The number of nitrogens with zero attached hydrogens (tertiary/aromatic N) is 1. The third-order valence-electron chi connectivity index (χ3n) is 3.39. The molecule has 1 aliphatic carbocycles. The lowest BCUT2D eigenvalue weighted by molar-refractivity contribution is 0.0652. The summed E-state index contributed by atoms with van der Waals surface area (Å²) in [6.07, 6.45) is 3.44. The summed E-state index contributed by atoms with van der Waals surface area (Å²) in [6.45, 7) is 1.80. The van der Waals surface area contributed by atoms with Gasteiger partial charge in [0, 0.05) is 18.7 Å². The van der Waals surface area contributed by atoms with Gasteiger partial charge in [-0.1, -0.05) is 0 Å². The van der Waals surface area contributed by atoms with Crippen molar-refractivity contribution in [2.75, 3.05) is 7.05 Å². The Hall–Kier alpha value is -1.51. The van der Waals surface area contributed by atoms with Gasteiger partial charge in [-0.15, -0.1) is 0 Å². The average molecular weight is 219 g/mol. The molecule has 0 radical (unpaired) electrons. The van der Waals surface area contributed by atoms with Crippen molar-refractivity contribution >= 4 is 5.91 Å². The van der Waals surface area contributed by atoms with Crippen LogP contribution in [0.4, 0.5) is 0 Å². The number of phenolic OH excluding ortho intramolecular Hbond substituents is 1. The van der Waals surface area contributed by atoms with Gasteiger partial charge in [0.15, 0.2) is 0 Å². The van der Waals surface area contributed by atoms with Crippen LogP contribution in [-0.2, 0) is 0 Å². The van der Waals surface area contributed by atoms with Crippen LogP contribution in [0.15, 0.2) is 18.2 Å². The number of phenols is 1. The highest BCUT2D eigenvalue weighted by molar-refractivity contribution is 5.94. The summed E-state index contributed by atoms with van der Waals surface area (Å²) in [6, 6.07) is 5.41. The van der Waals surface area contributed by atoms with Crippen molar-refractivity contribution in [3.63, 3.8) is 0 Å². The fourth-order valence-corrected chi connectivity index (χ4v) is 1.93. The van der Waals surface area contributed by atoms with Crippen molar-refractivity contribution in [1.29, 1.82) is 0 Å². The van der Waals surface area contributed by atoms with Gasteiger partial charge in [-0.3, -0.25) is 4.79 Å². The maximum atomic E-state index is 12.1. The molecule has 3 nitrogen and oxygen atoms in total. The average Bonchev–Trinajstić information content (AvgIpc) is 2.18. The van der Waals surface area contributed by atoms with Gasteiger partial charge in [0.05, 0.1) is 0 Å². The van der Waals surface area contributed by atoms with Crippen molar-refractivity contribution in [3.8, 4) is 5.75 Å². The molecule has 1 aromatic rings. The van der Waals surface area contributed by atoms with Crippen LogP contribution in [0, 0.1) is 6.92 Å². The predicted molar refractivity (Wildman–Crippen MR) is 62.6 cm³/mol. The van der Waals surface area contributed by atoms with Crippen LogP contribution in [0.1, 0.15) is 35.2 Å². The molecule has 0 saturated heterocycles. The van der Waals surface area contributed by atoms with Gasteiger partial charge in [0.1, 0.15) is 5.75 Å². The Morgan fingerprint density at radius 3 is 2.62 bits per heavy atom. The van der Waals surface area contributed by atoms with Gasteiger partial charge in [-0.05, 0) is 49.9 Å². The van der Waals surface area contributed by atoms with Crippen LogP contribution < -0.4 is 0 Å². The first-order chi connectivity index (χ1) is 7.59. The molecular formula is C13H17NO2. The van der Waals surface area contributed by atoms with Gasteiger partial charge < -0.3 is 10.0 Å². The minimum atomic E-state index is 0.0489. The summed E-state index contributed by atoms with van der Waals surface area (Å²) in [5.74, 6) is 0.288.